The van der Waals surface area contributed by atoms with Crippen LogP contribution in [0.2, 0.25) is 0 Å². The third-order valence-electron chi connectivity index (χ3n) is 4.02. The summed E-state index contributed by atoms with van der Waals surface area (Å²) in [6.45, 7) is 4.51. The third-order valence-corrected chi connectivity index (χ3v) is 5.10. The molecule has 2 nitrogen and oxygen atoms in total. The second-order valence-corrected chi connectivity index (χ2v) is 7.20. The van der Waals surface area contributed by atoms with Crippen LogP contribution in [0.15, 0.2) is 89.8 Å². The van der Waals surface area contributed by atoms with Gasteiger partial charge in [0.05, 0.1) is 12.2 Å². The van der Waals surface area contributed by atoms with Crippen molar-refractivity contribution in [2.75, 3.05) is 6.61 Å². The van der Waals surface area contributed by atoms with Crippen molar-refractivity contribution in [2.45, 2.75) is 18.7 Å². The number of carbonyl (C=O) groups is 1. The van der Waals surface area contributed by atoms with E-state index in [2.05, 4.69) is 31.2 Å². The summed E-state index contributed by atoms with van der Waals surface area (Å²) < 4.78 is 5.62. The number of benzene rings is 3. The molecule has 0 heterocycles. The highest BCUT2D eigenvalue weighted by Crippen LogP contribution is 2.35. The molecule has 3 aromatic rings. The molecule has 0 aromatic heterocycles. The zero-order valence-electron chi connectivity index (χ0n) is 15.5. The molecule has 3 rings (SSSR count). The molecule has 0 radical (unpaired) electrons. The summed E-state index contributed by atoms with van der Waals surface area (Å²) in [5, 5.41) is 0. The number of ketones is 1. The number of para-hydroxylation sites is 1. The number of ether oxygens (including phenoxy) is 1. The topological polar surface area (TPSA) is 26.3 Å². The first kappa shape index (κ1) is 19.0. The van der Waals surface area contributed by atoms with Crippen molar-refractivity contribution in [1.82, 2.24) is 0 Å². The summed E-state index contributed by atoms with van der Waals surface area (Å²) in [7, 11) is 0. The molecule has 0 aliphatic carbocycles. The van der Waals surface area contributed by atoms with E-state index in [-0.39, 0.29) is 5.78 Å². The Labute approximate surface area is 164 Å². The van der Waals surface area contributed by atoms with Gasteiger partial charge in [0.25, 0.3) is 0 Å². The van der Waals surface area contributed by atoms with E-state index < -0.39 is 0 Å². The lowest BCUT2D eigenvalue weighted by molar-refractivity contribution is 0.104. The van der Waals surface area contributed by atoms with Crippen LogP contribution in [0.1, 0.15) is 28.4 Å². The molecule has 136 valence electrons. The van der Waals surface area contributed by atoms with Gasteiger partial charge in [0.1, 0.15) is 5.75 Å². The summed E-state index contributed by atoms with van der Waals surface area (Å²) >= 11 is 1.59. The fourth-order valence-corrected chi connectivity index (χ4v) is 3.60. The largest absolute Gasteiger partial charge is 0.493 e. The van der Waals surface area contributed by atoms with Crippen LogP contribution in [0.25, 0.3) is 4.91 Å². The van der Waals surface area contributed by atoms with Gasteiger partial charge in [0.2, 0.25) is 0 Å². The predicted molar refractivity (Wildman–Crippen MR) is 113 cm³/mol. The van der Waals surface area contributed by atoms with Crippen LogP contribution in [0, 0.1) is 6.92 Å². The van der Waals surface area contributed by atoms with Gasteiger partial charge in [-0.3, -0.25) is 4.79 Å². The van der Waals surface area contributed by atoms with E-state index in [1.54, 1.807) is 17.8 Å². The maximum atomic E-state index is 13.0. The van der Waals surface area contributed by atoms with Gasteiger partial charge in [-0.15, -0.1) is 0 Å². The Morgan fingerprint density at radius 2 is 1.59 bits per heavy atom. The van der Waals surface area contributed by atoms with Crippen LogP contribution in [-0.4, -0.2) is 12.4 Å². The van der Waals surface area contributed by atoms with Crippen LogP contribution >= 0.6 is 11.8 Å². The number of carbonyl (C=O) groups excluding carboxylic acids is 1. The molecule has 27 heavy (non-hydrogen) atoms. The van der Waals surface area contributed by atoms with Crippen molar-refractivity contribution in [3.63, 3.8) is 0 Å². The van der Waals surface area contributed by atoms with Crippen molar-refractivity contribution in [3.05, 3.63) is 102 Å². The van der Waals surface area contributed by atoms with Gasteiger partial charge in [0, 0.05) is 15.9 Å². The van der Waals surface area contributed by atoms with Crippen molar-refractivity contribution < 1.29 is 9.53 Å². The zero-order chi connectivity index (χ0) is 19.1. The molecule has 0 aliphatic heterocycles. The number of allylic oxidation sites excluding steroid dienone is 1. The average molecular weight is 375 g/mol. The molecule has 0 bridgehead atoms. The van der Waals surface area contributed by atoms with Gasteiger partial charge in [-0.1, -0.05) is 71.9 Å². The molecule has 3 aromatic carbocycles. The maximum Gasteiger partial charge on any atom is 0.190 e. The van der Waals surface area contributed by atoms with Crippen molar-refractivity contribution in [1.29, 1.82) is 0 Å². The van der Waals surface area contributed by atoms with Crippen molar-refractivity contribution in [3.8, 4) is 5.75 Å². The number of hydrogen-bond acceptors (Lipinski definition) is 3. The Hall–Kier alpha value is -2.78. The first-order valence-electron chi connectivity index (χ1n) is 8.95. The lowest BCUT2D eigenvalue weighted by Crippen LogP contribution is -2.02. The van der Waals surface area contributed by atoms with Gasteiger partial charge < -0.3 is 4.74 Å². The Morgan fingerprint density at radius 3 is 2.30 bits per heavy atom. The second kappa shape index (κ2) is 9.24. The van der Waals surface area contributed by atoms with Crippen LogP contribution < -0.4 is 4.74 Å². The first-order chi connectivity index (χ1) is 13.2. The summed E-state index contributed by atoms with van der Waals surface area (Å²) in [6.07, 6.45) is 1.71. The third kappa shape index (κ3) is 5.11. The standard InChI is InChI=1S/C24H22O2S/c1-3-26-23-12-8-7-11-21(23)22(25)17-24(19-9-5-4-6-10-19)27-20-15-13-18(2)14-16-20/h4-17H,3H2,1-2H3/b24-17-. The molecule has 0 unspecified atom stereocenters. The Kier molecular flexibility index (Phi) is 6.50. The van der Waals surface area contributed by atoms with Crippen molar-refractivity contribution in [2.24, 2.45) is 0 Å². The fraction of sp³-hybridized carbons (Fsp3) is 0.125. The highest BCUT2D eigenvalue weighted by molar-refractivity contribution is 8.08. The van der Waals surface area contributed by atoms with Crippen molar-refractivity contribution >= 4 is 22.5 Å². The van der Waals surface area contributed by atoms with Gasteiger partial charge >= 0.3 is 0 Å². The van der Waals surface area contributed by atoms with E-state index in [1.807, 2.05) is 61.5 Å². The summed E-state index contributed by atoms with van der Waals surface area (Å²) in [4.78, 5) is 15.0. The maximum absolute atomic E-state index is 13.0. The predicted octanol–water partition coefficient (Wildman–Crippen LogP) is 6.41. The van der Waals surface area contributed by atoms with E-state index >= 15 is 0 Å². The Balaban J connectivity index is 1.97. The zero-order valence-corrected chi connectivity index (χ0v) is 16.3. The average Bonchev–Trinajstić information content (AvgIpc) is 2.70. The van der Waals surface area contributed by atoms with Gasteiger partial charge in [-0.25, -0.2) is 0 Å². The monoisotopic (exact) mass is 374 g/mol. The normalized spacial score (nSPS) is 11.3. The molecule has 0 aliphatic rings. The van der Waals surface area contributed by atoms with Gasteiger partial charge in [-0.2, -0.15) is 0 Å². The van der Waals surface area contributed by atoms with E-state index in [4.69, 9.17) is 4.74 Å². The molecular formula is C24H22O2S. The summed E-state index contributed by atoms with van der Waals surface area (Å²) in [6, 6.07) is 25.7. The first-order valence-corrected chi connectivity index (χ1v) is 9.77. The Morgan fingerprint density at radius 1 is 0.926 bits per heavy atom. The second-order valence-electron chi connectivity index (χ2n) is 6.08. The van der Waals surface area contributed by atoms with Crippen LogP contribution in [-0.2, 0) is 0 Å². The minimum Gasteiger partial charge on any atom is -0.493 e. The van der Waals surface area contributed by atoms with E-state index in [9.17, 15) is 4.79 Å². The number of aryl methyl sites for hydroxylation is 1. The number of hydrogen-bond donors (Lipinski definition) is 0. The molecular weight excluding hydrogens is 352 g/mol. The minimum atomic E-state index is -0.0579. The molecule has 3 heteroatoms. The van der Waals surface area contributed by atoms with Gasteiger partial charge in [-0.05, 0) is 43.7 Å². The molecule has 0 amide bonds. The Bertz CT molecular complexity index is 928. The molecule has 0 N–H and O–H groups in total. The minimum absolute atomic E-state index is 0.0579. The number of thioether (sulfide) groups is 1. The molecule has 0 saturated carbocycles. The highest BCUT2D eigenvalue weighted by Gasteiger charge is 2.13. The van der Waals surface area contributed by atoms with Gasteiger partial charge in [0.15, 0.2) is 5.78 Å². The quantitative estimate of drug-likeness (QED) is 0.271. The summed E-state index contributed by atoms with van der Waals surface area (Å²) in [5.74, 6) is 0.562. The molecule has 0 spiro atoms. The van der Waals surface area contributed by atoms with E-state index in [1.165, 1.54) is 5.56 Å². The summed E-state index contributed by atoms with van der Waals surface area (Å²) in [5.41, 5.74) is 2.81. The van der Waals surface area contributed by atoms with Crippen LogP contribution in [0.3, 0.4) is 0 Å². The molecule has 0 saturated heterocycles. The lowest BCUT2D eigenvalue weighted by Gasteiger charge is -2.10. The smallest absolute Gasteiger partial charge is 0.190 e. The highest BCUT2D eigenvalue weighted by atomic mass is 32.2. The molecule has 0 atom stereocenters. The van der Waals surface area contributed by atoms with Crippen LogP contribution in [0.4, 0.5) is 0 Å². The molecule has 0 fully saturated rings. The number of rotatable bonds is 7. The SMILES string of the molecule is CCOc1ccccc1C(=O)/C=C(\Sc1ccc(C)cc1)c1ccccc1. The van der Waals surface area contributed by atoms with E-state index in [0.29, 0.717) is 17.9 Å². The fourth-order valence-electron chi connectivity index (χ4n) is 2.66. The van der Waals surface area contributed by atoms with E-state index in [0.717, 1.165) is 15.4 Å². The lowest BCUT2D eigenvalue weighted by atomic mass is 10.1. The van der Waals surface area contributed by atoms with Crippen LogP contribution in [0.5, 0.6) is 5.75 Å².